The molecule has 21 heavy (non-hydrogen) atoms. The van der Waals surface area contributed by atoms with Gasteiger partial charge in [-0.2, -0.15) is 0 Å². The highest BCUT2D eigenvalue weighted by atomic mass is 32.2. The van der Waals surface area contributed by atoms with Gasteiger partial charge in [-0.25, -0.2) is 8.42 Å². The Kier molecular flexibility index (Phi) is 2.81. The number of nitrogens with one attached hydrogen (secondary N) is 1. The van der Waals surface area contributed by atoms with E-state index in [9.17, 15) is 8.42 Å². The van der Waals surface area contributed by atoms with Gasteiger partial charge in [0, 0.05) is 10.6 Å². The monoisotopic (exact) mass is 318 g/mol. The van der Waals surface area contributed by atoms with E-state index in [1.54, 1.807) is 0 Å². The van der Waals surface area contributed by atoms with Crippen LogP contribution in [0, 0.1) is 5.41 Å². The van der Waals surface area contributed by atoms with Crippen LogP contribution in [0.1, 0.15) is 0 Å². The van der Waals surface area contributed by atoms with E-state index in [2.05, 4.69) is 0 Å². The highest BCUT2D eigenvalue weighted by Gasteiger charge is 2.48. The maximum absolute atomic E-state index is 11.9. The molecular weight excluding hydrogens is 304 g/mol. The largest absolute Gasteiger partial charge is 0.316 e. The van der Waals surface area contributed by atoms with E-state index in [1.807, 2.05) is 47.4 Å². The number of hydrogen-bond donors (Lipinski definition) is 1. The summed E-state index contributed by atoms with van der Waals surface area (Å²) in [6.45, 7) is 0. The van der Waals surface area contributed by atoms with E-state index < -0.39 is 9.84 Å². The third-order valence-electron chi connectivity index (χ3n) is 4.11. The lowest BCUT2D eigenvalue weighted by Crippen LogP contribution is -2.37. The third kappa shape index (κ3) is 2.05. The highest BCUT2D eigenvalue weighted by Crippen LogP contribution is 2.42. The third-order valence-corrected chi connectivity index (χ3v) is 7.24. The smallest absolute Gasteiger partial charge is 0.161 e. The number of anilines is 1. The Hall–Kier alpha value is -1.53. The van der Waals surface area contributed by atoms with Gasteiger partial charge in [0.2, 0.25) is 0 Å². The van der Waals surface area contributed by atoms with Crippen LogP contribution in [-0.2, 0) is 9.84 Å². The second-order valence-electron chi connectivity index (χ2n) is 5.47. The summed E-state index contributed by atoms with van der Waals surface area (Å²) in [6.07, 6.45) is 0. The van der Waals surface area contributed by atoms with Crippen molar-refractivity contribution in [2.75, 3.05) is 16.4 Å². The summed E-state index contributed by atoms with van der Waals surface area (Å²) in [5, 5.41) is 10.9. The molecule has 2 saturated heterocycles. The van der Waals surface area contributed by atoms with E-state index in [0.717, 1.165) is 16.5 Å². The lowest BCUT2D eigenvalue weighted by molar-refractivity contribution is 0.601. The molecule has 0 saturated carbocycles. The van der Waals surface area contributed by atoms with Crippen molar-refractivity contribution >= 4 is 43.2 Å². The quantitative estimate of drug-likeness (QED) is 0.877. The fourth-order valence-electron chi connectivity index (χ4n) is 3.21. The molecule has 2 aromatic rings. The minimum atomic E-state index is -2.98. The van der Waals surface area contributed by atoms with E-state index in [-0.39, 0.29) is 22.8 Å². The van der Waals surface area contributed by atoms with Gasteiger partial charge < -0.3 is 4.90 Å². The van der Waals surface area contributed by atoms with Crippen LogP contribution in [0.5, 0.6) is 0 Å². The van der Waals surface area contributed by atoms with Crippen molar-refractivity contribution in [2.24, 2.45) is 0 Å². The molecule has 108 valence electrons. The first-order valence-corrected chi connectivity index (χ1v) is 9.48. The summed E-state index contributed by atoms with van der Waals surface area (Å²) in [6, 6.07) is 13.9. The van der Waals surface area contributed by atoms with Crippen molar-refractivity contribution in [1.29, 1.82) is 5.41 Å². The number of rotatable bonds is 1. The lowest BCUT2D eigenvalue weighted by atomic mass is 10.1. The Morgan fingerprint density at radius 1 is 1.10 bits per heavy atom. The van der Waals surface area contributed by atoms with E-state index in [0.29, 0.717) is 5.17 Å². The fraction of sp³-hybridized carbons (Fsp3) is 0.267. The van der Waals surface area contributed by atoms with Gasteiger partial charge in [-0.15, -0.1) is 0 Å². The van der Waals surface area contributed by atoms with Crippen LogP contribution in [0.25, 0.3) is 10.8 Å². The highest BCUT2D eigenvalue weighted by molar-refractivity contribution is 8.15. The molecular formula is C15H14N2O2S2. The van der Waals surface area contributed by atoms with Crippen LogP contribution in [0.2, 0.25) is 0 Å². The second-order valence-corrected chi connectivity index (χ2v) is 8.86. The molecule has 2 atom stereocenters. The van der Waals surface area contributed by atoms with Crippen LogP contribution in [-0.4, -0.2) is 36.4 Å². The van der Waals surface area contributed by atoms with Gasteiger partial charge in [0.1, 0.15) is 0 Å². The second kappa shape index (κ2) is 4.48. The average molecular weight is 318 g/mol. The Bertz CT molecular complexity index is 842. The number of nitrogens with zero attached hydrogens (tertiary/aromatic N) is 1. The molecule has 2 aromatic carbocycles. The predicted octanol–water partition coefficient (Wildman–Crippen LogP) is 2.49. The normalized spacial score (nSPS) is 27.2. The molecule has 0 bridgehead atoms. The van der Waals surface area contributed by atoms with Crippen LogP contribution in [0.3, 0.4) is 0 Å². The van der Waals surface area contributed by atoms with Crippen LogP contribution < -0.4 is 4.90 Å². The van der Waals surface area contributed by atoms with Crippen molar-refractivity contribution in [2.45, 2.75) is 11.3 Å². The van der Waals surface area contributed by atoms with Crippen molar-refractivity contribution in [3.63, 3.8) is 0 Å². The van der Waals surface area contributed by atoms with Crippen LogP contribution in [0.4, 0.5) is 5.69 Å². The van der Waals surface area contributed by atoms with Crippen molar-refractivity contribution in [1.82, 2.24) is 0 Å². The predicted molar refractivity (Wildman–Crippen MR) is 88.0 cm³/mol. The Balaban J connectivity index is 1.86. The fourth-order valence-corrected chi connectivity index (χ4v) is 6.99. The molecule has 0 aliphatic carbocycles. The van der Waals surface area contributed by atoms with Crippen LogP contribution >= 0.6 is 11.8 Å². The molecule has 4 nitrogen and oxygen atoms in total. The molecule has 4 rings (SSSR count). The van der Waals surface area contributed by atoms with Gasteiger partial charge in [-0.1, -0.05) is 48.2 Å². The van der Waals surface area contributed by atoms with E-state index >= 15 is 0 Å². The minimum absolute atomic E-state index is 0.0125. The summed E-state index contributed by atoms with van der Waals surface area (Å²) in [7, 11) is -2.98. The molecule has 6 heteroatoms. The molecule has 0 amide bonds. The Labute approximate surface area is 127 Å². The van der Waals surface area contributed by atoms with Gasteiger partial charge >= 0.3 is 0 Å². The Morgan fingerprint density at radius 2 is 1.86 bits per heavy atom. The number of sulfone groups is 1. The van der Waals surface area contributed by atoms with Crippen molar-refractivity contribution < 1.29 is 8.42 Å². The summed E-state index contributed by atoms with van der Waals surface area (Å²) < 4.78 is 23.8. The van der Waals surface area contributed by atoms with Crippen molar-refractivity contribution in [3.8, 4) is 0 Å². The first kappa shape index (κ1) is 13.2. The molecule has 2 unspecified atom stereocenters. The van der Waals surface area contributed by atoms with Gasteiger partial charge in [0.15, 0.2) is 15.0 Å². The molecule has 0 radical (unpaired) electrons. The molecule has 2 aliphatic rings. The zero-order valence-electron chi connectivity index (χ0n) is 11.2. The number of fused-ring (bicyclic) bond motifs is 2. The number of benzene rings is 2. The Morgan fingerprint density at radius 3 is 2.71 bits per heavy atom. The summed E-state index contributed by atoms with van der Waals surface area (Å²) in [5.41, 5.74) is 0.940. The maximum atomic E-state index is 11.9. The number of thioether (sulfide) groups is 1. The molecule has 0 aromatic heterocycles. The first-order valence-electron chi connectivity index (χ1n) is 6.78. The van der Waals surface area contributed by atoms with Gasteiger partial charge in [-0.05, 0) is 11.5 Å². The number of hydrogen-bond acceptors (Lipinski definition) is 4. The standard InChI is InChI=1S/C15H14N2O2S2/c16-15-17(13-8-21(18,19)9-14(13)20-15)12-7-3-5-10-4-1-2-6-11(10)12/h1-7,13-14,16H,8-9H2. The zero-order chi connectivity index (χ0) is 14.6. The summed E-state index contributed by atoms with van der Waals surface area (Å²) in [4.78, 5) is 1.90. The summed E-state index contributed by atoms with van der Waals surface area (Å²) >= 11 is 1.38. The van der Waals surface area contributed by atoms with Crippen molar-refractivity contribution in [3.05, 3.63) is 42.5 Å². The maximum Gasteiger partial charge on any atom is 0.161 e. The van der Waals surface area contributed by atoms with E-state index in [4.69, 9.17) is 5.41 Å². The van der Waals surface area contributed by atoms with Crippen LogP contribution in [0.15, 0.2) is 42.5 Å². The summed E-state index contributed by atoms with van der Waals surface area (Å²) in [5.74, 6) is 0.336. The number of amidine groups is 1. The van der Waals surface area contributed by atoms with E-state index in [1.165, 1.54) is 11.8 Å². The van der Waals surface area contributed by atoms with Gasteiger partial charge in [0.25, 0.3) is 0 Å². The molecule has 0 spiro atoms. The zero-order valence-corrected chi connectivity index (χ0v) is 12.8. The van der Waals surface area contributed by atoms with Gasteiger partial charge in [-0.3, -0.25) is 5.41 Å². The SMILES string of the molecule is N=C1SC2CS(=O)(=O)CC2N1c1cccc2ccccc12. The molecule has 2 heterocycles. The molecule has 2 aliphatic heterocycles. The molecule has 1 N–H and O–H groups in total. The minimum Gasteiger partial charge on any atom is -0.316 e. The molecule has 2 fully saturated rings. The van der Waals surface area contributed by atoms with Gasteiger partial charge in [0.05, 0.1) is 23.2 Å². The topological polar surface area (TPSA) is 61.2 Å². The lowest BCUT2D eigenvalue weighted by Gasteiger charge is -2.25. The first-order chi connectivity index (χ1) is 10.1. The average Bonchev–Trinajstić information content (AvgIpc) is 2.88.